The molecule has 0 atom stereocenters. The molecule has 37 heavy (non-hydrogen) atoms. The molecule has 7 heteroatoms. The van der Waals surface area contributed by atoms with Crippen LogP contribution in [-0.4, -0.2) is 38.9 Å². The fourth-order valence-corrected chi connectivity index (χ4v) is 5.00. The average Bonchev–Trinajstić information content (AvgIpc) is 2.89. The van der Waals surface area contributed by atoms with Crippen LogP contribution >= 0.6 is 11.8 Å². The summed E-state index contributed by atoms with van der Waals surface area (Å²) in [5.41, 5.74) is 2.21. The first kappa shape index (κ1) is 26.4. The van der Waals surface area contributed by atoms with E-state index in [0.29, 0.717) is 34.7 Å². The van der Waals surface area contributed by atoms with Gasteiger partial charge in [-0.1, -0.05) is 93.2 Å². The topological polar surface area (TPSA) is 72.3 Å². The number of carbonyl (C=O) groups is 2. The number of rotatable bonds is 8. The minimum absolute atomic E-state index is 0.0737. The Labute approximate surface area is 221 Å². The van der Waals surface area contributed by atoms with Gasteiger partial charge >= 0.3 is 0 Å². The SMILES string of the molecule is CN(Cc1ccccc1)C(=O)c1ccc2c(=O)n(Cc3ccccc3)c(SCC(=O)C(C)(C)C)nc2c1. The number of nitrogens with zero attached hydrogens (tertiary/aromatic N) is 3. The Morgan fingerprint density at radius 1 is 0.919 bits per heavy atom. The lowest BCUT2D eigenvalue weighted by Crippen LogP contribution is -2.27. The highest BCUT2D eigenvalue weighted by Crippen LogP contribution is 2.24. The van der Waals surface area contributed by atoms with Crippen molar-refractivity contribution in [2.45, 2.75) is 39.0 Å². The number of hydrogen-bond donors (Lipinski definition) is 0. The zero-order valence-electron chi connectivity index (χ0n) is 21.6. The molecule has 0 fully saturated rings. The van der Waals surface area contributed by atoms with Crippen molar-refractivity contribution in [1.29, 1.82) is 0 Å². The maximum atomic E-state index is 13.6. The number of Topliss-reactive ketones (excluding diaryl/α,β-unsaturated/α-hetero) is 1. The summed E-state index contributed by atoms with van der Waals surface area (Å²) in [6.45, 7) is 6.45. The number of carbonyl (C=O) groups excluding carboxylic acids is 2. The van der Waals surface area contributed by atoms with Gasteiger partial charge in [-0.2, -0.15) is 0 Å². The summed E-state index contributed by atoms with van der Waals surface area (Å²) in [6.07, 6.45) is 0. The molecule has 190 valence electrons. The molecule has 4 aromatic rings. The summed E-state index contributed by atoms with van der Waals surface area (Å²) in [5, 5.41) is 0.894. The normalized spacial score (nSPS) is 11.5. The zero-order valence-corrected chi connectivity index (χ0v) is 22.4. The second-order valence-corrected chi connectivity index (χ2v) is 11.1. The van der Waals surface area contributed by atoms with Crippen molar-refractivity contribution < 1.29 is 9.59 Å². The summed E-state index contributed by atoms with van der Waals surface area (Å²) in [6, 6.07) is 24.5. The first-order valence-corrected chi connectivity index (χ1v) is 13.2. The van der Waals surface area contributed by atoms with Gasteiger partial charge in [0.05, 0.1) is 23.2 Å². The van der Waals surface area contributed by atoms with Gasteiger partial charge in [-0.05, 0) is 29.3 Å². The van der Waals surface area contributed by atoms with Crippen molar-refractivity contribution in [2.24, 2.45) is 5.41 Å². The van der Waals surface area contributed by atoms with Crippen LogP contribution in [0.2, 0.25) is 0 Å². The Morgan fingerprint density at radius 2 is 1.54 bits per heavy atom. The molecule has 0 N–H and O–H groups in total. The third-order valence-corrected chi connectivity index (χ3v) is 7.11. The van der Waals surface area contributed by atoms with Crippen LogP contribution in [0, 0.1) is 5.41 Å². The maximum absolute atomic E-state index is 13.6. The van der Waals surface area contributed by atoms with Crippen LogP contribution in [0.5, 0.6) is 0 Å². The summed E-state index contributed by atoms with van der Waals surface area (Å²) in [5.74, 6) is 0.122. The van der Waals surface area contributed by atoms with Gasteiger partial charge in [0, 0.05) is 24.6 Å². The van der Waals surface area contributed by atoms with Crippen molar-refractivity contribution in [3.05, 3.63) is 106 Å². The molecule has 0 spiro atoms. The zero-order chi connectivity index (χ0) is 26.6. The fourth-order valence-electron chi connectivity index (χ4n) is 3.85. The van der Waals surface area contributed by atoms with Crippen LogP contribution in [0.3, 0.4) is 0 Å². The van der Waals surface area contributed by atoms with Gasteiger partial charge in [-0.25, -0.2) is 4.98 Å². The van der Waals surface area contributed by atoms with Gasteiger partial charge in [-0.3, -0.25) is 19.0 Å². The lowest BCUT2D eigenvalue weighted by Gasteiger charge is -2.19. The highest BCUT2D eigenvalue weighted by molar-refractivity contribution is 7.99. The van der Waals surface area contributed by atoms with Crippen LogP contribution in [-0.2, 0) is 17.9 Å². The van der Waals surface area contributed by atoms with E-state index in [4.69, 9.17) is 4.98 Å². The lowest BCUT2D eigenvalue weighted by atomic mass is 9.92. The third-order valence-electron chi connectivity index (χ3n) is 6.13. The molecule has 0 radical (unpaired) electrons. The molecule has 0 aliphatic carbocycles. The van der Waals surface area contributed by atoms with Crippen molar-refractivity contribution in [3.8, 4) is 0 Å². The highest BCUT2D eigenvalue weighted by atomic mass is 32.2. The van der Waals surface area contributed by atoms with Crippen LogP contribution in [0.15, 0.2) is 88.8 Å². The molecule has 1 amide bonds. The summed E-state index contributed by atoms with van der Waals surface area (Å²) < 4.78 is 1.61. The van der Waals surface area contributed by atoms with Crippen molar-refractivity contribution in [2.75, 3.05) is 12.8 Å². The van der Waals surface area contributed by atoms with Crippen LogP contribution < -0.4 is 5.56 Å². The molecular weight excluding hydrogens is 482 g/mol. The average molecular weight is 514 g/mol. The molecule has 0 saturated heterocycles. The first-order chi connectivity index (χ1) is 17.6. The number of fused-ring (bicyclic) bond motifs is 1. The van der Waals surface area contributed by atoms with Gasteiger partial charge in [0.2, 0.25) is 0 Å². The van der Waals surface area contributed by atoms with E-state index in [1.807, 2.05) is 81.4 Å². The number of ketones is 1. The van der Waals surface area contributed by atoms with E-state index >= 15 is 0 Å². The maximum Gasteiger partial charge on any atom is 0.262 e. The molecule has 0 aliphatic rings. The minimum Gasteiger partial charge on any atom is -0.337 e. The molecule has 0 bridgehead atoms. The Balaban J connectivity index is 1.70. The molecule has 3 aromatic carbocycles. The predicted molar refractivity (Wildman–Crippen MR) is 149 cm³/mol. The van der Waals surface area contributed by atoms with Gasteiger partial charge in [-0.15, -0.1) is 0 Å². The number of aromatic nitrogens is 2. The number of hydrogen-bond acceptors (Lipinski definition) is 5. The predicted octanol–water partition coefficient (Wildman–Crippen LogP) is 5.42. The molecule has 0 aliphatic heterocycles. The fraction of sp³-hybridized carbons (Fsp3) is 0.267. The van der Waals surface area contributed by atoms with E-state index < -0.39 is 5.41 Å². The largest absolute Gasteiger partial charge is 0.337 e. The van der Waals surface area contributed by atoms with E-state index in [9.17, 15) is 14.4 Å². The second-order valence-electron chi connectivity index (χ2n) is 10.1. The van der Waals surface area contributed by atoms with Crippen LogP contribution in [0.1, 0.15) is 42.3 Å². The highest BCUT2D eigenvalue weighted by Gasteiger charge is 2.23. The molecule has 0 saturated carbocycles. The smallest absolute Gasteiger partial charge is 0.262 e. The van der Waals surface area contributed by atoms with E-state index in [-0.39, 0.29) is 23.0 Å². The Morgan fingerprint density at radius 3 is 2.16 bits per heavy atom. The van der Waals surface area contributed by atoms with Crippen LogP contribution in [0.25, 0.3) is 10.9 Å². The number of amides is 1. The second kappa shape index (κ2) is 11.1. The van der Waals surface area contributed by atoms with Gasteiger partial charge < -0.3 is 4.90 Å². The van der Waals surface area contributed by atoms with E-state index in [2.05, 4.69) is 0 Å². The molecule has 1 aromatic heterocycles. The van der Waals surface area contributed by atoms with E-state index in [1.165, 1.54) is 11.8 Å². The van der Waals surface area contributed by atoms with Gasteiger partial charge in [0.15, 0.2) is 5.16 Å². The quantitative estimate of drug-likeness (QED) is 0.232. The molecule has 1 heterocycles. The Hall–Kier alpha value is -3.71. The third kappa shape index (κ3) is 6.35. The Bertz CT molecular complexity index is 1480. The number of thioether (sulfide) groups is 1. The molecule has 6 nitrogen and oxygen atoms in total. The van der Waals surface area contributed by atoms with E-state index in [0.717, 1.165) is 11.1 Å². The molecular formula is C30H31N3O3S. The Kier molecular flexibility index (Phi) is 7.93. The first-order valence-electron chi connectivity index (χ1n) is 12.2. The molecule has 0 unspecified atom stereocenters. The van der Waals surface area contributed by atoms with Gasteiger partial charge in [0.1, 0.15) is 5.78 Å². The van der Waals surface area contributed by atoms with Gasteiger partial charge in [0.25, 0.3) is 11.5 Å². The summed E-state index contributed by atoms with van der Waals surface area (Å²) in [4.78, 5) is 45.8. The standard InChI is InChI=1S/C30H31N3O3S/c1-30(2,3)26(34)20-37-29-31-25-17-23(27(35)32(4)18-21-11-7-5-8-12-21)15-16-24(25)28(36)33(29)19-22-13-9-6-10-14-22/h5-17H,18-20H2,1-4H3. The number of benzene rings is 3. The molecule has 4 rings (SSSR count). The summed E-state index contributed by atoms with van der Waals surface area (Å²) >= 11 is 1.26. The van der Waals surface area contributed by atoms with Crippen molar-refractivity contribution in [1.82, 2.24) is 14.5 Å². The van der Waals surface area contributed by atoms with E-state index in [1.54, 1.807) is 34.7 Å². The van der Waals surface area contributed by atoms with Crippen molar-refractivity contribution in [3.63, 3.8) is 0 Å². The van der Waals surface area contributed by atoms with Crippen molar-refractivity contribution >= 4 is 34.4 Å². The minimum atomic E-state index is -0.489. The van der Waals surface area contributed by atoms with Crippen LogP contribution in [0.4, 0.5) is 0 Å². The lowest BCUT2D eigenvalue weighted by molar-refractivity contribution is -0.123. The monoisotopic (exact) mass is 513 g/mol. The summed E-state index contributed by atoms with van der Waals surface area (Å²) in [7, 11) is 1.75.